The van der Waals surface area contributed by atoms with Gasteiger partial charge in [-0.25, -0.2) is 0 Å². The molecule has 2 atom stereocenters. The minimum Gasteiger partial charge on any atom is -0.395 e. The van der Waals surface area contributed by atoms with Crippen LogP contribution in [0.25, 0.3) is 0 Å². The van der Waals surface area contributed by atoms with Crippen LogP contribution in [0.1, 0.15) is 19.8 Å². The molecule has 0 bridgehead atoms. The molecule has 0 aromatic rings. The van der Waals surface area contributed by atoms with Crippen molar-refractivity contribution < 1.29 is 5.11 Å². The summed E-state index contributed by atoms with van der Waals surface area (Å²) in [7, 11) is 0. The van der Waals surface area contributed by atoms with Gasteiger partial charge in [-0.15, -0.1) is 0 Å². The highest BCUT2D eigenvalue weighted by Gasteiger charge is 2.18. The summed E-state index contributed by atoms with van der Waals surface area (Å²) in [4.78, 5) is 0. The predicted molar refractivity (Wildman–Crippen MR) is 37.3 cm³/mol. The third kappa shape index (κ3) is 1.66. The summed E-state index contributed by atoms with van der Waals surface area (Å²) in [5.74, 6) is 0.656. The van der Waals surface area contributed by atoms with Crippen LogP contribution in [0.15, 0.2) is 0 Å². The Morgan fingerprint density at radius 3 is 2.89 bits per heavy atom. The van der Waals surface area contributed by atoms with Crippen molar-refractivity contribution in [2.75, 3.05) is 13.2 Å². The first kappa shape index (κ1) is 7.03. The molecule has 0 aromatic heterocycles. The number of hydrogen-bond acceptors (Lipinski definition) is 2. The Kier molecular flexibility index (Phi) is 2.49. The minimum atomic E-state index is 0.293. The van der Waals surface area contributed by atoms with Crippen molar-refractivity contribution in [2.45, 2.75) is 25.8 Å². The van der Waals surface area contributed by atoms with Crippen molar-refractivity contribution in [3.8, 4) is 0 Å². The predicted octanol–water partition coefficient (Wildman–Crippen LogP) is 0.367. The lowest BCUT2D eigenvalue weighted by Gasteiger charge is -2.28. The molecule has 54 valence electrons. The fourth-order valence-corrected chi connectivity index (χ4v) is 1.36. The van der Waals surface area contributed by atoms with Crippen LogP contribution in [0.4, 0.5) is 0 Å². The first-order chi connectivity index (χ1) is 4.34. The van der Waals surface area contributed by atoms with Crippen molar-refractivity contribution in [1.82, 2.24) is 5.32 Å². The maximum atomic E-state index is 8.80. The summed E-state index contributed by atoms with van der Waals surface area (Å²) in [6.45, 7) is 3.56. The number of piperidine rings is 1. The Balaban J connectivity index is 2.30. The molecule has 1 heterocycles. The lowest BCUT2D eigenvalue weighted by atomic mass is 9.93. The number of nitrogens with one attached hydrogen (secondary N) is 1. The third-order valence-corrected chi connectivity index (χ3v) is 2.13. The Bertz CT molecular complexity index is 85.0. The van der Waals surface area contributed by atoms with Crippen molar-refractivity contribution in [3.63, 3.8) is 0 Å². The van der Waals surface area contributed by atoms with Gasteiger partial charge < -0.3 is 10.4 Å². The van der Waals surface area contributed by atoms with Gasteiger partial charge in [0.15, 0.2) is 0 Å². The topological polar surface area (TPSA) is 32.3 Å². The van der Waals surface area contributed by atoms with E-state index in [0.717, 1.165) is 6.54 Å². The van der Waals surface area contributed by atoms with Gasteiger partial charge in [0.1, 0.15) is 0 Å². The van der Waals surface area contributed by atoms with Crippen LogP contribution in [0, 0.1) is 5.92 Å². The van der Waals surface area contributed by atoms with Gasteiger partial charge in [-0.2, -0.15) is 0 Å². The molecular formula is C7H15NO. The lowest BCUT2D eigenvalue weighted by molar-refractivity contribution is 0.179. The van der Waals surface area contributed by atoms with Gasteiger partial charge in [0, 0.05) is 6.04 Å². The normalized spacial score (nSPS) is 36.7. The summed E-state index contributed by atoms with van der Waals surface area (Å²) in [5, 5.41) is 12.1. The van der Waals surface area contributed by atoms with Crippen LogP contribution in [0.5, 0.6) is 0 Å². The maximum Gasteiger partial charge on any atom is 0.0587 e. The SMILES string of the molecule is C[C@H]1CCCN[C@@H]1CO. The molecule has 0 spiro atoms. The van der Waals surface area contributed by atoms with Crippen molar-refractivity contribution in [3.05, 3.63) is 0 Å². The maximum absolute atomic E-state index is 8.80. The Morgan fingerprint density at radius 1 is 1.67 bits per heavy atom. The fourth-order valence-electron chi connectivity index (χ4n) is 1.36. The quantitative estimate of drug-likeness (QED) is 0.536. The molecular weight excluding hydrogens is 114 g/mol. The Hall–Kier alpha value is -0.0800. The second kappa shape index (κ2) is 3.18. The van der Waals surface area contributed by atoms with Gasteiger partial charge in [-0.05, 0) is 25.3 Å². The first-order valence-corrected chi connectivity index (χ1v) is 3.69. The highest BCUT2D eigenvalue weighted by atomic mass is 16.3. The summed E-state index contributed by atoms with van der Waals surface area (Å²) in [6.07, 6.45) is 2.52. The van der Waals surface area contributed by atoms with Gasteiger partial charge in [-0.3, -0.25) is 0 Å². The number of hydrogen-bond donors (Lipinski definition) is 2. The van der Waals surface area contributed by atoms with Crippen LogP contribution in [0.3, 0.4) is 0 Å². The molecule has 1 rings (SSSR count). The summed E-state index contributed by atoms with van der Waals surface area (Å²) >= 11 is 0. The minimum absolute atomic E-state index is 0.293. The van der Waals surface area contributed by atoms with E-state index in [2.05, 4.69) is 12.2 Å². The van der Waals surface area contributed by atoms with Crippen LogP contribution >= 0.6 is 0 Å². The Morgan fingerprint density at radius 2 is 2.44 bits per heavy atom. The molecule has 9 heavy (non-hydrogen) atoms. The molecule has 1 aliphatic heterocycles. The van der Waals surface area contributed by atoms with E-state index in [9.17, 15) is 0 Å². The van der Waals surface area contributed by atoms with Crippen LogP contribution in [0.2, 0.25) is 0 Å². The van der Waals surface area contributed by atoms with Crippen molar-refractivity contribution >= 4 is 0 Å². The molecule has 1 fully saturated rings. The second-order valence-corrected chi connectivity index (χ2v) is 2.86. The van der Waals surface area contributed by atoms with Gasteiger partial charge in [0.25, 0.3) is 0 Å². The fraction of sp³-hybridized carbons (Fsp3) is 1.00. The zero-order chi connectivity index (χ0) is 6.69. The van der Waals surface area contributed by atoms with Crippen molar-refractivity contribution in [1.29, 1.82) is 0 Å². The van der Waals surface area contributed by atoms with Gasteiger partial charge in [-0.1, -0.05) is 6.92 Å². The molecule has 0 unspecified atom stereocenters. The summed E-state index contributed by atoms with van der Waals surface area (Å²) in [6, 6.07) is 0.360. The van der Waals surface area contributed by atoms with Crippen LogP contribution < -0.4 is 5.32 Å². The van der Waals surface area contributed by atoms with E-state index in [-0.39, 0.29) is 0 Å². The molecule has 2 nitrogen and oxygen atoms in total. The molecule has 0 aliphatic carbocycles. The molecule has 2 heteroatoms. The molecule has 0 saturated carbocycles. The molecule has 2 N–H and O–H groups in total. The van der Waals surface area contributed by atoms with Crippen LogP contribution in [-0.4, -0.2) is 24.3 Å². The molecule has 1 saturated heterocycles. The zero-order valence-corrected chi connectivity index (χ0v) is 5.93. The zero-order valence-electron chi connectivity index (χ0n) is 5.93. The van der Waals surface area contributed by atoms with Gasteiger partial charge in [0.2, 0.25) is 0 Å². The van der Waals surface area contributed by atoms with E-state index in [1.165, 1.54) is 12.8 Å². The summed E-state index contributed by atoms with van der Waals surface area (Å²) in [5.41, 5.74) is 0. The Labute approximate surface area is 56.3 Å². The largest absolute Gasteiger partial charge is 0.395 e. The molecule has 1 aliphatic rings. The summed E-state index contributed by atoms with van der Waals surface area (Å²) < 4.78 is 0. The standard InChI is InChI=1S/C7H15NO/c1-6-3-2-4-8-7(6)5-9/h6-9H,2-5H2,1H3/t6-,7+/m0/s1. The number of rotatable bonds is 1. The smallest absolute Gasteiger partial charge is 0.0587 e. The highest BCUT2D eigenvalue weighted by molar-refractivity contribution is 4.76. The number of aliphatic hydroxyl groups excluding tert-OH is 1. The van der Waals surface area contributed by atoms with E-state index >= 15 is 0 Å². The monoisotopic (exact) mass is 129 g/mol. The van der Waals surface area contributed by atoms with E-state index in [4.69, 9.17) is 5.11 Å². The van der Waals surface area contributed by atoms with Crippen LogP contribution in [-0.2, 0) is 0 Å². The van der Waals surface area contributed by atoms with E-state index in [1.807, 2.05) is 0 Å². The van der Waals surface area contributed by atoms with Gasteiger partial charge in [0.05, 0.1) is 6.61 Å². The van der Waals surface area contributed by atoms with Gasteiger partial charge >= 0.3 is 0 Å². The van der Waals surface area contributed by atoms with E-state index < -0.39 is 0 Å². The second-order valence-electron chi connectivity index (χ2n) is 2.86. The average molecular weight is 129 g/mol. The lowest BCUT2D eigenvalue weighted by Crippen LogP contribution is -2.42. The molecule has 0 amide bonds. The van der Waals surface area contributed by atoms with E-state index in [0.29, 0.717) is 18.6 Å². The third-order valence-electron chi connectivity index (χ3n) is 2.13. The average Bonchev–Trinajstić information content (AvgIpc) is 1.89. The highest BCUT2D eigenvalue weighted by Crippen LogP contribution is 2.14. The molecule has 0 aromatic carbocycles. The number of aliphatic hydroxyl groups is 1. The van der Waals surface area contributed by atoms with Crippen molar-refractivity contribution in [2.24, 2.45) is 5.92 Å². The van der Waals surface area contributed by atoms with E-state index in [1.54, 1.807) is 0 Å². The molecule has 0 radical (unpaired) electrons. The first-order valence-electron chi connectivity index (χ1n) is 3.69.